The minimum atomic E-state index is -1.41. The van der Waals surface area contributed by atoms with Crippen LogP contribution in [0.25, 0.3) is 10.9 Å². The first kappa shape index (κ1) is 15.0. The van der Waals surface area contributed by atoms with E-state index in [9.17, 15) is 13.2 Å². The molecule has 2 atom stereocenters. The Kier molecular flexibility index (Phi) is 3.86. The molecule has 2 aromatic rings. The fraction of sp³-hybridized carbons (Fsp3) is 0.500. The van der Waals surface area contributed by atoms with Crippen LogP contribution in [0.2, 0.25) is 0 Å². The zero-order valence-corrected chi connectivity index (χ0v) is 12.2. The summed E-state index contributed by atoms with van der Waals surface area (Å²) in [5.41, 5.74) is -0.0964. The van der Waals surface area contributed by atoms with Crippen molar-refractivity contribution in [2.75, 3.05) is 24.7 Å². The van der Waals surface area contributed by atoms with E-state index < -0.39 is 24.1 Å². The molecule has 2 unspecified atom stereocenters. The molecule has 3 heterocycles. The molecule has 1 aliphatic rings. The minimum absolute atomic E-state index is 0.00116. The number of aryl methyl sites for hydroxylation is 1. The Hall–Kier alpha value is -1.96. The Balaban J connectivity index is 2.19. The topological polar surface area (TPSA) is 51.1 Å². The van der Waals surface area contributed by atoms with E-state index in [1.165, 1.54) is 18.0 Å². The maximum absolute atomic E-state index is 14.6. The lowest BCUT2D eigenvalue weighted by atomic mass is 10.1. The molecule has 1 aliphatic heterocycles. The number of aromatic nitrogens is 3. The first-order chi connectivity index (χ1) is 10.5. The Bertz CT molecular complexity index is 712. The summed E-state index contributed by atoms with van der Waals surface area (Å²) in [7, 11) is 0. The van der Waals surface area contributed by atoms with Crippen molar-refractivity contribution < 1.29 is 17.9 Å². The molecule has 118 valence electrons. The number of pyridine rings is 1. The molecule has 5 nitrogen and oxygen atoms in total. The summed E-state index contributed by atoms with van der Waals surface area (Å²) in [6, 6.07) is 0. The summed E-state index contributed by atoms with van der Waals surface area (Å²) in [6.07, 6.45) is -1.17. The van der Waals surface area contributed by atoms with Crippen molar-refractivity contribution in [3.8, 4) is 0 Å². The smallest absolute Gasteiger partial charge is 0.311 e. The molecule has 0 saturated carbocycles. The van der Waals surface area contributed by atoms with Crippen LogP contribution >= 0.6 is 0 Å². The quantitative estimate of drug-likeness (QED) is 0.598. The van der Waals surface area contributed by atoms with Gasteiger partial charge in [-0.25, -0.2) is 8.78 Å². The van der Waals surface area contributed by atoms with Crippen molar-refractivity contribution >= 4 is 16.7 Å². The van der Waals surface area contributed by atoms with Gasteiger partial charge in [0.15, 0.2) is 12.1 Å². The average molecular weight is 312 g/mol. The first-order valence-corrected chi connectivity index (χ1v) is 6.96. The van der Waals surface area contributed by atoms with Crippen molar-refractivity contribution in [3.05, 3.63) is 23.8 Å². The fourth-order valence-corrected chi connectivity index (χ4v) is 2.49. The van der Waals surface area contributed by atoms with Crippen LogP contribution in [-0.4, -0.2) is 41.0 Å². The first-order valence-electron chi connectivity index (χ1n) is 6.96. The molecule has 0 radical (unpaired) electrons. The predicted octanol–water partition coefficient (Wildman–Crippen LogP) is 2.38. The molecule has 0 aliphatic carbocycles. The van der Waals surface area contributed by atoms with E-state index in [1.54, 1.807) is 6.92 Å². The van der Waals surface area contributed by atoms with Crippen LogP contribution in [0.3, 0.4) is 0 Å². The highest BCUT2D eigenvalue weighted by Gasteiger charge is 2.30. The molecule has 0 amide bonds. The van der Waals surface area contributed by atoms with E-state index in [2.05, 4.69) is 15.0 Å². The summed E-state index contributed by atoms with van der Waals surface area (Å²) in [6.45, 7) is 3.86. The Morgan fingerprint density at radius 3 is 2.86 bits per heavy atom. The number of hydrogen-bond acceptors (Lipinski definition) is 5. The lowest BCUT2D eigenvalue weighted by Gasteiger charge is -2.28. The summed E-state index contributed by atoms with van der Waals surface area (Å²) in [4.78, 5) is 12.3. The normalized spacial score (nSPS) is 22.9. The van der Waals surface area contributed by atoms with E-state index in [0.717, 1.165) is 0 Å². The van der Waals surface area contributed by atoms with Crippen LogP contribution in [-0.2, 0) is 4.74 Å². The molecule has 3 rings (SSSR count). The van der Waals surface area contributed by atoms with Crippen molar-refractivity contribution in [1.82, 2.24) is 15.0 Å². The number of alkyl halides is 1. The van der Waals surface area contributed by atoms with Crippen molar-refractivity contribution in [2.24, 2.45) is 5.92 Å². The van der Waals surface area contributed by atoms with Gasteiger partial charge in [0, 0.05) is 18.7 Å². The van der Waals surface area contributed by atoms with Gasteiger partial charge in [-0.05, 0) is 6.92 Å². The standard InChI is InChI=1S/C14H15F3N4O/c1-7-6-22-4-3-21(12(7)16)13-9-5-18-8(2)10(15)11(9)19-14(17)20-13/h5,7,12H,3-4,6H2,1-2H3. The lowest BCUT2D eigenvalue weighted by Crippen LogP contribution is -2.38. The second kappa shape index (κ2) is 5.68. The average Bonchev–Trinajstić information content (AvgIpc) is 2.65. The molecule has 1 saturated heterocycles. The monoisotopic (exact) mass is 312 g/mol. The van der Waals surface area contributed by atoms with E-state index >= 15 is 0 Å². The Labute approximate surface area is 125 Å². The third kappa shape index (κ3) is 2.47. The van der Waals surface area contributed by atoms with Gasteiger partial charge in [0.1, 0.15) is 11.3 Å². The van der Waals surface area contributed by atoms with Gasteiger partial charge in [0.2, 0.25) is 0 Å². The molecule has 2 aromatic heterocycles. The number of halogens is 3. The summed E-state index contributed by atoms with van der Waals surface area (Å²) >= 11 is 0. The van der Waals surface area contributed by atoms with E-state index in [-0.39, 0.29) is 42.2 Å². The third-order valence-electron chi connectivity index (χ3n) is 3.71. The maximum Gasteiger partial charge on any atom is 0.311 e. The van der Waals surface area contributed by atoms with Gasteiger partial charge in [-0.2, -0.15) is 14.4 Å². The number of nitrogens with zero attached hydrogens (tertiary/aromatic N) is 4. The molecular formula is C14H15F3N4O. The van der Waals surface area contributed by atoms with Crippen LogP contribution in [0.15, 0.2) is 6.20 Å². The van der Waals surface area contributed by atoms with E-state index in [4.69, 9.17) is 4.74 Å². The number of rotatable bonds is 1. The number of ether oxygens (including phenoxy) is 1. The number of fused-ring (bicyclic) bond motifs is 1. The maximum atomic E-state index is 14.6. The molecule has 0 aromatic carbocycles. The molecule has 22 heavy (non-hydrogen) atoms. The van der Waals surface area contributed by atoms with Crippen LogP contribution in [0.4, 0.5) is 19.0 Å². The zero-order valence-electron chi connectivity index (χ0n) is 12.2. The number of anilines is 1. The highest BCUT2D eigenvalue weighted by molar-refractivity contribution is 5.89. The highest BCUT2D eigenvalue weighted by Crippen LogP contribution is 2.30. The lowest BCUT2D eigenvalue weighted by molar-refractivity contribution is 0.105. The fourth-order valence-electron chi connectivity index (χ4n) is 2.49. The SMILES string of the molecule is Cc1ncc2c(N3CCOCC(C)C3F)nc(F)nc2c1F. The molecule has 0 spiro atoms. The highest BCUT2D eigenvalue weighted by atomic mass is 19.1. The van der Waals surface area contributed by atoms with Crippen molar-refractivity contribution in [1.29, 1.82) is 0 Å². The van der Waals surface area contributed by atoms with E-state index in [0.29, 0.717) is 0 Å². The van der Waals surface area contributed by atoms with E-state index in [1.807, 2.05) is 0 Å². The molecule has 0 N–H and O–H groups in total. The van der Waals surface area contributed by atoms with Gasteiger partial charge in [0.25, 0.3) is 0 Å². The zero-order chi connectivity index (χ0) is 15.9. The van der Waals surface area contributed by atoms with Crippen LogP contribution < -0.4 is 4.90 Å². The van der Waals surface area contributed by atoms with Crippen molar-refractivity contribution in [3.63, 3.8) is 0 Å². The van der Waals surface area contributed by atoms with Gasteiger partial charge in [0.05, 0.1) is 24.3 Å². The molecule has 8 heteroatoms. The van der Waals surface area contributed by atoms with Crippen LogP contribution in [0.1, 0.15) is 12.6 Å². The number of hydrogen-bond donors (Lipinski definition) is 0. The predicted molar refractivity (Wildman–Crippen MR) is 74.2 cm³/mol. The van der Waals surface area contributed by atoms with Gasteiger partial charge < -0.3 is 9.64 Å². The van der Waals surface area contributed by atoms with Gasteiger partial charge in [-0.3, -0.25) is 4.98 Å². The second-order valence-corrected chi connectivity index (χ2v) is 5.35. The second-order valence-electron chi connectivity index (χ2n) is 5.35. The van der Waals surface area contributed by atoms with Gasteiger partial charge in [-0.15, -0.1) is 0 Å². The largest absolute Gasteiger partial charge is 0.379 e. The van der Waals surface area contributed by atoms with Gasteiger partial charge in [-0.1, -0.05) is 6.92 Å². The van der Waals surface area contributed by atoms with Crippen LogP contribution in [0.5, 0.6) is 0 Å². The summed E-state index contributed by atoms with van der Waals surface area (Å²) in [5, 5.41) is 0.182. The Morgan fingerprint density at radius 1 is 1.32 bits per heavy atom. The summed E-state index contributed by atoms with van der Waals surface area (Å²) in [5.74, 6) is -1.15. The van der Waals surface area contributed by atoms with Crippen LogP contribution in [0, 0.1) is 24.7 Å². The summed E-state index contributed by atoms with van der Waals surface area (Å²) < 4.78 is 47.7. The minimum Gasteiger partial charge on any atom is -0.379 e. The molecule has 0 bridgehead atoms. The van der Waals surface area contributed by atoms with Crippen molar-refractivity contribution in [2.45, 2.75) is 20.1 Å². The Morgan fingerprint density at radius 2 is 2.09 bits per heavy atom. The molecular weight excluding hydrogens is 297 g/mol. The third-order valence-corrected chi connectivity index (χ3v) is 3.71. The van der Waals surface area contributed by atoms with Gasteiger partial charge >= 0.3 is 6.08 Å². The molecule has 1 fully saturated rings.